The Morgan fingerprint density at radius 1 is 1.06 bits per heavy atom. The predicted octanol–water partition coefficient (Wildman–Crippen LogP) is 3.07. The zero-order valence-electron chi connectivity index (χ0n) is 19.6. The first-order valence-electron chi connectivity index (χ1n) is 11.2. The number of hydrogen-bond donors (Lipinski definition) is 3. The van der Waals surface area contributed by atoms with Crippen LogP contribution in [-0.4, -0.2) is 48.9 Å². The lowest BCUT2D eigenvalue weighted by atomic mass is 9.89. The first kappa shape index (κ1) is 25.7. The monoisotopic (exact) mass is 522 g/mol. The van der Waals surface area contributed by atoms with Gasteiger partial charge in [-0.25, -0.2) is 18.9 Å². The van der Waals surface area contributed by atoms with Crippen molar-refractivity contribution < 1.29 is 31.2 Å². The largest absolute Gasteiger partial charge is 0.406 e. The standard InChI is InChI=1S/C24H25F3N4O4S/c1-13(2)36(34,35)17-12-8-7-11-16(17)29-22(32)18-14(3)28-21-19(15-9-5-4-6-10-15)20(24(25,26)27)30-31(21)23(18)33/h4-13,19-21,28,30H,1-3H3,(H,29,32). The quantitative estimate of drug-likeness (QED) is 0.521. The molecule has 2 aliphatic heterocycles. The zero-order valence-corrected chi connectivity index (χ0v) is 20.4. The second kappa shape index (κ2) is 9.25. The Labute approximate surface area is 206 Å². The van der Waals surface area contributed by atoms with E-state index in [4.69, 9.17) is 0 Å². The number of nitrogens with zero attached hydrogens (tertiary/aromatic N) is 1. The molecule has 1 fully saturated rings. The van der Waals surface area contributed by atoms with Gasteiger partial charge in [0.1, 0.15) is 17.8 Å². The molecule has 1 saturated heterocycles. The van der Waals surface area contributed by atoms with E-state index in [2.05, 4.69) is 16.1 Å². The van der Waals surface area contributed by atoms with E-state index in [-0.39, 0.29) is 16.3 Å². The number of benzene rings is 2. The van der Waals surface area contributed by atoms with Gasteiger partial charge in [0, 0.05) is 5.70 Å². The van der Waals surface area contributed by atoms with Crippen LogP contribution in [0.3, 0.4) is 0 Å². The molecule has 2 amide bonds. The van der Waals surface area contributed by atoms with Crippen LogP contribution in [0.1, 0.15) is 32.3 Å². The molecule has 3 N–H and O–H groups in total. The molecule has 192 valence electrons. The topological polar surface area (TPSA) is 108 Å². The number of sulfone groups is 1. The second-order valence-electron chi connectivity index (χ2n) is 8.89. The molecule has 0 aromatic heterocycles. The number of allylic oxidation sites excluding steroid dienone is 1. The summed E-state index contributed by atoms with van der Waals surface area (Å²) in [6.45, 7) is 4.41. The van der Waals surface area contributed by atoms with Crippen molar-refractivity contribution in [2.24, 2.45) is 0 Å². The molecule has 4 rings (SSSR count). The van der Waals surface area contributed by atoms with Crippen LogP contribution < -0.4 is 16.1 Å². The van der Waals surface area contributed by atoms with Crippen LogP contribution in [0.5, 0.6) is 0 Å². The third kappa shape index (κ3) is 4.46. The molecule has 0 saturated carbocycles. The summed E-state index contributed by atoms with van der Waals surface area (Å²) in [6.07, 6.45) is -5.78. The highest BCUT2D eigenvalue weighted by atomic mass is 32.2. The number of para-hydroxylation sites is 1. The van der Waals surface area contributed by atoms with Gasteiger partial charge in [-0.15, -0.1) is 0 Å². The third-order valence-electron chi connectivity index (χ3n) is 6.25. The highest BCUT2D eigenvalue weighted by molar-refractivity contribution is 7.92. The van der Waals surface area contributed by atoms with Crippen molar-refractivity contribution in [3.8, 4) is 0 Å². The van der Waals surface area contributed by atoms with Crippen molar-refractivity contribution in [2.45, 2.75) is 55.2 Å². The molecule has 3 atom stereocenters. The Hall–Kier alpha value is -3.38. The SMILES string of the molecule is CC1=C(C(=O)Nc2ccccc2S(=O)(=O)C(C)C)C(=O)N2NC(C(F)(F)F)C(c3ccccc3)C2N1. The van der Waals surface area contributed by atoms with E-state index >= 15 is 0 Å². The smallest absolute Gasteiger partial charge is 0.366 e. The number of nitrogens with one attached hydrogen (secondary N) is 3. The molecule has 0 aliphatic carbocycles. The molecule has 3 unspecified atom stereocenters. The van der Waals surface area contributed by atoms with Crippen molar-refractivity contribution in [2.75, 3.05) is 5.32 Å². The molecule has 12 heteroatoms. The summed E-state index contributed by atoms with van der Waals surface area (Å²) in [5, 5.41) is 5.36. The summed E-state index contributed by atoms with van der Waals surface area (Å²) < 4.78 is 67.3. The van der Waals surface area contributed by atoms with Crippen molar-refractivity contribution in [1.82, 2.24) is 15.8 Å². The molecule has 0 spiro atoms. The van der Waals surface area contributed by atoms with Crippen molar-refractivity contribution in [3.63, 3.8) is 0 Å². The van der Waals surface area contributed by atoms with Gasteiger partial charge >= 0.3 is 6.18 Å². The third-order valence-corrected chi connectivity index (χ3v) is 8.46. The Balaban J connectivity index is 1.68. The maximum absolute atomic E-state index is 13.9. The van der Waals surface area contributed by atoms with Gasteiger partial charge in [-0.2, -0.15) is 13.2 Å². The van der Waals surface area contributed by atoms with E-state index in [1.165, 1.54) is 45.0 Å². The predicted molar refractivity (Wildman–Crippen MR) is 126 cm³/mol. The Bertz CT molecular complexity index is 1330. The van der Waals surface area contributed by atoms with Crippen molar-refractivity contribution >= 4 is 27.3 Å². The minimum Gasteiger partial charge on any atom is -0.366 e. The summed E-state index contributed by atoms with van der Waals surface area (Å²) >= 11 is 0. The average Bonchev–Trinajstić information content (AvgIpc) is 3.20. The van der Waals surface area contributed by atoms with Crippen LogP contribution in [0.25, 0.3) is 0 Å². The highest BCUT2D eigenvalue weighted by Crippen LogP contribution is 2.41. The second-order valence-corrected chi connectivity index (χ2v) is 11.4. The molecule has 2 aliphatic rings. The number of anilines is 1. The molecular formula is C24H25F3N4O4S. The normalized spacial score (nSPS) is 22.5. The molecule has 8 nitrogen and oxygen atoms in total. The summed E-state index contributed by atoms with van der Waals surface area (Å²) in [6, 6.07) is 11.7. The number of halogens is 3. The van der Waals surface area contributed by atoms with E-state index in [0.717, 1.165) is 5.01 Å². The van der Waals surface area contributed by atoms with Gasteiger partial charge in [0.05, 0.1) is 21.8 Å². The van der Waals surface area contributed by atoms with Crippen LogP contribution in [0.2, 0.25) is 0 Å². The molecule has 0 bridgehead atoms. The number of rotatable bonds is 5. The molecular weight excluding hydrogens is 497 g/mol. The fourth-order valence-electron chi connectivity index (χ4n) is 4.42. The zero-order chi connectivity index (χ0) is 26.4. The van der Waals surface area contributed by atoms with E-state index in [1.807, 2.05) is 0 Å². The van der Waals surface area contributed by atoms with Crippen LogP contribution in [0.4, 0.5) is 18.9 Å². The maximum atomic E-state index is 13.9. The average molecular weight is 523 g/mol. The molecule has 0 radical (unpaired) electrons. The van der Waals surface area contributed by atoms with Gasteiger partial charge in [-0.3, -0.25) is 9.59 Å². The number of carbonyl (C=O) groups is 2. The fourth-order valence-corrected chi connectivity index (χ4v) is 5.62. The molecule has 2 heterocycles. The fraction of sp³-hybridized carbons (Fsp3) is 0.333. The van der Waals surface area contributed by atoms with Gasteiger partial charge in [0.25, 0.3) is 11.8 Å². The Kier molecular flexibility index (Phi) is 6.60. The number of alkyl halides is 3. The van der Waals surface area contributed by atoms with E-state index in [9.17, 15) is 31.2 Å². The summed E-state index contributed by atoms with van der Waals surface area (Å²) in [7, 11) is -3.77. The number of amides is 2. The van der Waals surface area contributed by atoms with Gasteiger partial charge in [0.2, 0.25) is 0 Å². The van der Waals surface area contributed by atoms with Gasteiger partial charge in [-0.1, -0.05) is 42.5 Å². The van der Waals surface area contributed by atoms with E-state index < -0.39 is 56.8 Å². The number of carbonyl (C=O) groups excluding carboxylic acids is 2. The molecule has 2 aromatic carbocycles. The van der Waals surface area contributed by atoms with Gasteiger partial charge in [0.15, 0.2) is 9.84 Å². The van der Waals surface area contributed by atoms with E-state index in [1.54, 1.807) is 30.3 Å². The number of hydrogen-bond acceptors (Lipinski definition) is 6. The van der Waals surface area contributed by atoms with Gasteiger partial charge in [-0.05, 0) is 38.5 Å². The summed E-state index contributed by atoms with van der Waals surface area (Å²) in [4.78, 5) is 26.3. The molecule has 2 aromatic rings. The molecule has 36 heavy (non-hydrogen) atoms. The minimum absolute atomic E-state index is 0.0314. The summed E-state index contributed by atoms with van der Waals surface area (Å²) in [5.74, 6) is -3.07. The lowest BCUT2D eigenvalue weighted by molar-refractivity contribution is -0.161. The van der Waals surface area contributed by atoms with Gasteiger partial charge < -0.3 is 10.6 Å². The van der Waals surface area contributed by atoms with Crippen LogP contribution >= 0.6 is 0 Å². The lowest BCUT2D eigenvalue weighted by Gasteiger charge is -2.34. The van der Waals surface area contributed by atoms with Crippen LogP contribution in [0.15, 0.2) is 70.8 Å². The number of hydrazine groups is 1. The number of fused-ring (bicyclic) bond motifs is 1. The summed E-state index contributed by atoms with van der Waals surface area (Å²) in [5.41, 5.74) is 2.23. The minimum atomic E-state index is -4.68. The maximum Gasteiger partial charge on any atom is 0.406 e. The van der Waals surface area contributed by atoms with E-state index in [0.29, 0.717) is 5.56 Å². The van der Waals surface area contributed by atoms with Crippen molar-refractivity contribution in [1.29, 1.82) is 0 Å². The first-order valence-corrected chi connectivity index (χ1v) is 12.7. The van der Waals surface area contributed by atoms with Crippen LogP contribution in [0, 0.1) is 0 Å². The van der Waals surface area contributed by atoms with Crippen LogP contribution in [-0.2, 0) is 19.4 Å². The highest BCUT2D eigenvalue weighted by Gasteiger charge is 2.58. The Morgan fingerprint density at radius 3 is 2.28 bits per heavy atom. The lowest BCUT2D eigenvalue weighted by Crippen LogP contribution is -2.56. The van der Waals surface area contributed by atoms with Crippen molar-refractivity contribution in [3.05, 3.63) is 71.4 Å². The first-order chi connectivity index (χ1) is 16.8. The Morgan fingerprint density at radius 2 is 1.67 bits per heavy atom.